The molecule has 80 valence electrons. The largest absolute Gasteiger partial charge is 0.463 e. The minimum Gasteiger partial charge on any atom is -0.463 e. The van der Waals surface area contributed by atoms with Crippen molar-refractivity contribution >= 4 is 16.9 Å². The Hall–Kier alpha value is -1.33. The Morgan fingerprint density at radius 1 is 1.60 bits per heavy atom. The van der Waals surface area contributed by atoms with Crippen molar-refractivity contribution in [3.8, 4) is 0 Å². The molecule has 0 aliphatic heterocycles. The average Bonchev–Trinajstić information content (AvgIpc) is 2.27. The van der Waals surface area contributed by atoms with Crippen molar-refractivity contribution in [2.45, 2.75) is 5.03 Å². The number of carbonyl (C=O) groups is 1. The Morgan fingerprint density at radius 3 is 3.00 bits per heavy atom. The van der Waals surface area contributed by atoms with Crippen molar-refractivity contribution in [1.29, 1.82) is 0 Å². The zero-order valence-corrected chi connectivity index (χ0v) is 9.12. The molecule has 0 amide bonds. The third-order valence-electron chi connectivity index (χ3n) is 1.41. The molecule has 0 saturated carbocycles. The zero-order chi connectivity index (χ0) is 11.1. The number of thioether (sulfide) groups is 1. The third kappa shape index (κ3) is 4.14. The van der Waals surface area contributed by atoms with Gasteiger partial charge in [-0.3, -0.25) is 4.79 Å². The highest BCUT2D eigenvalue weighted by Crippen LogP contribution is 2.19. The standard InChI is InChI=1S/C10H11NO3S/c1-8(14-7-13-2)10(12)15-9-5-3-4-6-11-9/h3-6H,1,7H2,2H3. The van der Waals surface area contributed by atoms with Gasteiger partial charge in [0.05, 0.1) is 0 Å². The molecule has 0 saturated heterocycles. The molecular formula is C10H11NO3S. The van der Waals surface area contributed by atoms with Crippen LogP contribution < -0.4 is 0 Å². The molecule has 1 aromatic rings. The highest BCUT2D eigenvalue weighted by Gasteiger charge is 2.10. The van der Waals surface area contributed by atoms with Crippen LogP contribution in [0.15, 0.2) is 41.8 Å². The number of carbonyl (C=O) groups excluding carboxylic acids is 1. The van der Waals surface area contributed by atoms with Gasteiger partial charge in [-0.25, -0.2) is 4.98 Å². The van der Waals surface area contributed by atoms with Gasteiger partial charge in [0.25, 0.3) is 5.12 Å². The molecule has 1 aromatic heterocycles. The van der Waals surface area contributed by atoms with Gasteiger partial charge >= 0.3 is 0 Å². The summed E-state index contributed by atoms with van der Waals surface area (Å²) in [6.07, 6.45) is 1.62. The first-order valence-electron chi connectivity index (χ1n) is 4.18. The molecule has 0 atom stereocenters. The van der Waals surface area contributed by atoms with E-state index in [0.717, 1.165) is 11.8 Å². The maximum absolute atomic E-state index is 11.5. The second-order valence-electron chi connectivity index (χ2n) is 2.53. The predicted molar refractivity (Wildman–Crippen MR) is 57.2 cm³/mol. The van der Waals surface area contributed by atoms with Crippen LogP contribution in [0.4, 0.5) is 0 Å². The number of pyridine rings is 1. The Labute approximate surface area is 92.3 Å². The van der Waals surface area contributed by atoms with Gasteiger partial charge in [0.2, 0.25) is 0 Å². The number of methoxy groups -OCH3 is 1. The van der Waals surface area contributed by atoms with E-state index in [1.54, 1.807) is 24.4 Å². The van der Waals surface area contributed by atoms with E-state index in [2.05, 4.69) is 16.3 Å². The Morgan fingerprint density at radius 2 is 2.40 bits per heavy atom. The van der Waals surface area contributed by atoms with Crippen molar-refractivity contribution in [2.24, 2.45) is 0 Å². The molecule has 0 radical (unpaired) electrons. The lowest BCUT2D eigenvalue weighted by atomic mass is 10.5. The van der Waals surface area contributed by atoms with Crippen molar-refractivity contribution in [3.05, 3.63) is 36.7 Å². The summed E-state index contributed by atoms with van der Waals surface area (Å²) in [5.41, 5.74) is 0. The van der Waals surface area contributed by atoms with Crippen LogP contribution >= 0.6 is 11.8 Å². The summed E-state index contributed by atoms with van der Waals surface area (Å²) in [5.74, 6) is 0.0625. The summed E-state index contributed by atoms with van der Waals surface area (Å²) in [5, 5.41) is 0.343. The van der Waals surface area contributed by atoms with Gasteiger partial charge in [0.15, 0.2) is 12.6 Å². The van der Waals surface area contributed by atoms with E-state index < -0.39 is 0 Å². The first kappa shape index (κ1) is 11.7. The highest BCUT2D eigenvalue weighted by molar-refractivity contribution is 8.14. The Balaban J connectivity index is 2.45. The number of aromatic nitrogens is 1. The second-order valence-corrected chi connectivity index (χ2v) is 3.52. The van der Waals surface area contributed by atoms with Crippen molar-refractivity contribution in [2.75, 3.05) is 13.9 Å². The number of hydrogen-bond donors (Lipinski definition) is 0. The molecule has 0 unspecified atom stereocenters. The molecule has 0 N–H and O–H groups in total. The Kier molecular flexibility index (Phi) is 4.86. The normalized spacial score (nSPS) is 9.67. The molecule has 1 heterocycles. The van der Waals surface area contributed by atoms with Gasteiger partial charge < -0.3 is 9.47 Å². The lowest BCUT2D eigenvalue weighted by molar-refractivity contribution is -0.113. The monoisotopic (exact) mass is 225 g/mol. The zero-order valence-electron chi connectivity index (χ0n) is 8.30. The van der Waals surface area contributed by atoms with E-state index in [1.807, 2.05) is 0 Å². The van der Waals surface area contributed by atoms with Gasteiger partial charge in [-0.15, -0.1) is 0 Å². The van der Waals surface area contributed by atoms with Gasteiger partial charge in [0.1, 0.15) is 5.03 Å². The van der Waals surface area contributed by atoms with E-state index >= 15 is 0 Å². The van der Waals surface area contributed by atoms with Crippen LogP contribution in [-0.4, -0.2) is 24.0 Å². The van der Waals surface area contributed by atoms with E-state index in [1.165, 1.54) is 7.11 Å². The van der Waals surface area contributed by atoms with Gasteiger partial charge in [0, 0.05) is 13.3 Å². The van der Waals surface area contributed by atoms with Crippen LogP contribution in [0.3, 0.4) is 0 Å². The molecule has 1 rings (SSSR count). The van der Waals surface area contributed by atoms with E-state index in [0.29, 0.717) is 5.03 Å². The van der Waals surface area contributed by atoms with Crippen LogP contribution in [0.5, 0.6) is 0 Å². The maximum atomic E-state index is 11.5. The smallest absolute Gasteiger partial charge is 0.259 e. The van der Waals surface area contributed by atoms with Crippen LogP contribution in [0.25, 0.3) is 0 Å². The van der Waals surface area contributed by atoms with Gasteiger partial charge in [-0.2, -0.15) is 0 Å². The van der Waals surface area contributed by atoms with Crippen LogP contribution in [-0.2, 0) is 14.3 Å². The fourth-order valence-corrected chi connectivity index (χ4v) is 1.37. The fourth-order valence-electron chi connectivity index (χ4n) is 0.748. The summed E-state index contributed by atoms with van der Waals surface area (Å²) in [4.78, 5) is 15.5. The molecule has 5 heteroatoms. The minimum absolute atomic E-state index is 0.0212. The average molecular weight is 225 g/mol. The summed E-state index contributed by atoms with van der Waals surface area (Å²) >= 11 is 0.972. The van der Waals surface area contributed by atoms with E-state index in [-0.39, 0.29) is 17.7 Å². The minimum atomic E-state index is -0.272. The molecule has 0 aliphatic carbocycles. The first-order chi connectivity index (χ1) is 7.24. The summed E-state index contributed by atoms with van der Waals surface area (Å²) in [6.45, 7) is 3.51. The van der Waals surface area contributed by atoms with E-state index in [9.17, 15) is 4.79 Å². The van der Waals surface area contributed by atoms with Gasteiger partial charge in [-0.05, 0) is 23.9 Å². The number of rotatable bonds is 5. The molecule has 4 nitrogen and oxygen atoms in total. The topological polar surface area (TPSA) is 48.4 Å². The lowest BCUT2D eigenvalue weighted by Gasteiger charge is -2.05. The SMILES string of the molecule is C=C(OCOC)C(=O)Sc1ccccn1. The molecule has 0 fully saturated rings. The number of ether oxygens (including phenoxy) is 2. The van der Waals surface area contributed by atoms with Crippen LogP contribution in [0.2, 0.25) is 0 Å². The lowest BCUT2D eigenvalue weighted by Crippen LogP contribution is -2.03. The molecular weight excluding hydrogens is 214 g/mol. The Bertz CT molecular complexity index is 340. The molecule has 15 heavy (non-hydrogen) atoms. The molecule has 0 aliphatic rings. The number of hydrogen-bond acceptors (Lipinski definition) is 5. The fraction of sp³-hybridized carbons (Fsp3) is 0.200. The maximum Gasteiger partial charge on any atom is 0.259 e. The third-order valence-corrected chi connectivity index (χ3v) is 2.28. The van der Waals surface area contributed by atoms with Crippen molar-refractivity contribution in [1.82, 2.24) is 4.98 Å². The van der Waals surface area contributed by atoms with Crippen LogP contribution in [0.1, 0.15) is 0 Å². The summed E-state index contributed by atoms with van der Waals surface area (Å²) in [7, 11) is 1.48. The highest BCUT2D eigenvalue weighted by atomic mass is 32.2. The summed E-state index contributed by atoms with van der Waals surface area (Å²) in [6, 6.07) is 5.33. The predicted octanol–water partition coefficient (Wildman–Crippen LogP) is 1.83. The molecule has 0 spiro atoms. The summed E-state index contributed by atoms with van der Waals surface area (Å²) < 4.78 is 9.56. The molecule has 0 bridgehead atoms. The van der Waals surface area contributed by atoms with Gasteiger partial charge in [-0.1, -0.05) is 12.6 Å². The van der Waals surface area contributed by atoms with Crippen molar-refractivity contribution < 1.29 is 14.3 Å². The first-order valence-corrected chi connectivity index (χ1v) is 4.99. The molecule has 0 aromatic carbocycles. The van der Waals surface area contributed by atoms with Crippen molar-refractivity contribution in [3.63, 3.8) is 0 Å². The quantitative estimate of drug-likeness (QED) is 0.331. The van der Waals surface area contributed by atoms with E-state index in [4.69, 9.17) is 4.74 Å². The van der Waals surface area contributed by atoms with Crippen LogP contribution in [0, 0.1) is 0 Å². The second kappa shape index (κ2) is 6.21. The number of nitrogens with zero attached hydrogens (tertiary/aromatic N) is 1.